The Morgan fingerprint density at radius 2 is 1.83 bits per heavy atom. The van der Waals surface area contributed by atoms with Crippen molar-refractivity contribution in [3.63, 3.8) is 0 Å². The standard InChI is InChI=1S/C23H26N4OS/c1-14(2)26-22(21(25-23(26)29)20-7-5-6-12-24-20)19-13-15(3)27(16(19)4)17-8-10-18(28)11-9-17/h5-14,21-22,28H,1-4H3,(H,25,29). The van der Waals surface area contributed by atoms with E-state index in [4.69, 9.17) is 12.2 Å². The third-order valence-electron chi connectivity index (χ3n) is 5.59. The van der Waals surface area contributed by atoms with Crippen LogP contribution >= 0.6 is 12.2 Å². The van der Waals surface area contributed by atoms with Crippen molar-refractivity contribution in [3.05, 3.63) is 77.4 Å². The highest BCUT2D eigenvalue weighted by atomic mass is 32.1. The number of phenolic OH excluding ortho intramolecular Hbond substituents is 1. The second-order valence-electron chi connectivity index (χ2n) is 7.81. The van der Waals surface area contributed by atoms with Gasteiger partial charge in [-0.05, 0) is 87.9 Å². The molecule has 3 aromatic rings. The summed E-state index contributed by atoms with van der Waals surface area (Å²) in [6.07, 6.45) is 1.83. The molecule has 5 nitrogen and oxygen atoms in total. The zero-order valence-corrected chi connectivity index (χ0v) is 17.9. The van der Waals surface area contributed by atoms with Gasteiger partial charge in [-0.2, -0.15) is 0 Å². The molecule has 2 unspecified atom stereocenters. The van der Waals surface area contributed by atoms with Gasteiger partial charge in [0.1, 0.15) is 5.75 Å². The summed E-state index contributed by atoms with van der Waals surface area (Å²) in [7, 11) is 0. The number of benzene rings is 1. The number of nitrogens with zero attached hydrogens (tertiary/aromatic N) is 3. The third kappa shape index (κ3) is 3.38. The van der Waals surface area contributed by atoms with Crippen LogP contribution in [-0.4, -0.2) is 30.7 Å². The van der Waals surface area contributed by atoms with Crippen LogP contribution in [0.2, 0.25) is 0 Å². The van der Waals surface area contributed by atoms with Gasteiger partial charge in [0.05, 0.1) is 17.8 Å². The van der Waals surface area contributed by atoms with Crippen LogP contribution in [0.15, 0.2) is 54.7 Å². The van der Waals surface area contributed by atoms with Gasteiger partial charge in [-0.25, -0.2) is 0 Å². The minimum atomic E-state index is -0.0140. The molecule has 1 fully saturated rings. The normalized spacial score (nSPS) is 19.1. The van der Waals surface area contributed by atoms with Gasteiger partial charge in [0.2, 0.25) is 0 Å². The number of nitrogens with one attached hydrogen (secondary N) is 1. The molecule has 29 heavy (non-hydrogen) atoms. The van der Waals surface area contributed by atoms with E-state index in [1.54, 1.807) is 12.1 Å². The molecule has 0 radical (unpaired) electrons. The minimum absolute atomic E-state index is 0.0140. The molecule has 0 aliphatic carbocycles. The van der Waals surface area contributed by atoms with Crippen LogP contribution in [-0.2, 0) is 0 Å². The first kappa shape index (κ1) is 19.5. The smallest absolute Gasteiger partial charge is 0.170 e. The molecule has 6 heteroatoms. The number of hydrogen-bond acceptors (Lipinski definition) is 3. The number of pyridine rings is 1. The van der Waals surface area contributed by atoms with Gasteiger partial charge in [0, 0.05) is 29.3 Å². The van der Waals surface area contributed by atoms with E-state index in [9.17, 15) is 5.11 Å². The zero-order chi connectivity index (χ0) is 20.7. The Morgan fingerprint density at radius 3 is 2.45 bits per heavy atom. The molecular weight excluding hydrogens is 380 g/mol. The van der Waals surface area contributed by atoms with Gasteiger partial charge in [0.15, 0.2) is 5.11 Å². The predicted octanol–water partition coefficient (Wildman–Crippen LogP) is 4.58. The lowest BCUT2D eigenvalue weighted by Gasteiger charge is -2.31. The highest BCUT2D eigenvalue weighted by molar-refractivity contribution is 7.80. The maximum absolute atomic E-state index is 9.66. The van der Waals surface area contributed by atoms with Gasteiger partial charge >= 0.3 is 0 Å². The minimum Gasteiger partial charge on any atom is -0.508 e. The van der Waals surface area contributed by atoms with E-state index in [1.807, 2.05) is 30.5 Å². The number of thiocarbonyl (C=S) groups is 1. The lowest BCUT2D eigenvalue weighted by atomic mass is 9.96. The summed E-state index contributed by atoms with van der Waals surface area (Å²) < 4.78 is 2.23. The van der Waals surface area contributed by atoms with Gasteiger partial charge in [-0.3, -0.25) is 4.98 Å². The Morgan fingerprint density at radius 1 is 1.10 bits per heavy atom. The average Bonchev–Trinajstić information content (AvgIpc) is 3.19. The maximum Gasteiger partial charge on any atom is 0.170 e. The van der Waals surface area contributed by atoms with Crippen LogP contribution < -0.4 is 5.32 Å². The van der Waals surface area contributed by atoms with E-state index in [1.165, 1.54) is 5.56 Å². The molecule has 2 aromatic heterocycles. The van der Waals surface area contributed by atoms with E-state index >= 15 is 0 Å². The predicted molar refractivity (Wildman–Crippen MR) is 119 cm³/mol. The van der Waals surface area contributed by atoms with Crippen molar-refractivity contribution in [1.29, 1.82) is 0 Å². The zero-order valence-electron chi connectivity index (χ0n) is 17.1. The number of aromatic hydroxyl groups is 1. The summed E-state index contributed by atoms with van der Waals surface area (Å²) in [6.45, 7) is 8.59. The first-order valence-corrected chi connectivity index (χ1v) is 10.3. The van der Waals surface area contributed by atoms with Crippen molar-refractivity contribution >= 4 is 17.3 Å². The fourth-order valence-corrected chi connectivity index (χ4v) is 4.79. The van der Waals surface area contributed by atoms with Crippen LogP contribution in [0.25, 0.3) is 5.69 Å². The molecule has 1 aliphatic rings. The first-order valence-electron chi connectivity index (χ1n) is 9.86. The van der Waals surface area contributed by atoms with E-state index in [0.717, 1.165) is 27.9 Å². The van der Waals surface area contributed by atoms with Crippen molar-refractivity contribution in [3.8, 4) is 11.4 Å². The van der Waals surface area contributed by atoms with E-state index in [-0.39, 0.29) is 23.9 Å². The Hall–Kier alpha value is -2.86. The largest absolute Gasteiger partial charge is 0.508 e. The van der Waals surface area contributed by atoms with E-state index < -0.39 is 0 Å². The molecule has 1 saturated heterocycles. The fraction of sp³-hybridized carbons (Fsp3) is 0.304. The average molecular weight is 407 g/mol. The molecular formula is C23H26N4OS. The molecule has 3 heterocycles. The molecule has 1 aromatic carbocycles. The van der Waals surface area contributed by atoms with Crippen LogP contribution in [0.3, 0.4) is 0 Å². The van der Waals surface area contributed by atoms with Crippen molar-refractivity contribution < 1.29 is 5.11 Å². The summed E-state index contributed by atoms with van der Waals surface area (Å²) >= 11 is 5.71. The molecule has 0 bridgehead atoms. The number of rotatable bonds is 4. The molecule has 4 rings (SSSR count). The number of phenols is 1. The number of aromatic nitrogens is 2. The Labute approximate surface area is 177 Å². The number of hydrogen-bond donors (Lipinski definition) is 2. The third-order valence-corrected chi connectivity index (χ3v) is 5.92. The SMILES string of the molecule is Cc1cc(C2C(c3ccccn3)NC(=S)N2C(C)C)c(C)n1-c1ccc(O)cc1. The van der Waals surface area contributed by atoms with Crippen LogP contribution in [0, 0.1) is 13.8 Å². The summed E-state index contributed by atoms with van der Waals surface area (Å²) in [6, 6.07) is 15.9. The lowest BCUT2D eigenvalue weighted by molar-refractivity contribution is 0.269. The monoisotopic (exact) mass is 406 g/mol. The van der Waals surface area contributed by atoms with Crippen molar-refractivity contribution in [1.82, 2.24) is 19.8 Å². The van der Waals surface area contributed by atoms with Gasteiger partial charge in [-0.1, -0.05) is 6.07 Å². The molecule has 0 saturated carbocycles. The second-order valence-corrected chi connectivity index (χ2v) is 8.19. The van der Waals surface area contributed by atoms with Crippen LogP contribution in [0.4, 0.5) is 0 Å². The second kappa shape index (κ2) is 7.52. The van der Waals surface area contributed by atoms with Crippen molar-refractivity contribution in [2.24, 2.45) is 0 Å². The highest BCUT2D eigenvalue weighted by Gasteiger charge is 2.42. The quantitative estimate of drug-likeness (QED) is 0.622. The van der Waals surface area contributed by atoms with Gasteiger partial charge in [0.25, 0.3) is 0 Å². The first-order chi connectivity index (χ1) is 13.9. The van der Waals surface area contributed by atoms with E-state index in [0.29, 0.717) is 0 Å². The topological polar surface area (TPSA) is 53.3 Å². The Kier molecular flexibility index (Phi) is 5.04. The lowest BCUT2D eigenvalue weighted by Crippen LogP contribution is -2.35. The van der Waals surface area contributed by atoms with Gasteiger partial charge in [-0.15, -0.1) is 0 Å². The fourth-order valence-electron chi connectivity index (χ4n) is 4.34. The van der Waals surface area contributed by atoms with Crippen molar-refractivity contribution in [2.45, 2.75) is 45.8 Å². The molecule has 2 N–H and O–H groups in total. The van der Waals surface area contributed by atoms with Gasteiger partial charge < -0.3 is 19.9 Å². The molecule has 2 atom stereocenters. The number of aryl methyl sites for hydroxylation is 1. The Balaban J connectivity index is 1.85. The van der Waals surface area contributed by atoms with Crippen LogP contribution in [0.1, 0.15) is 48.6 Å². The summed E-state index contributed by atoms with van der Waals surface area (Å²) in [5.74, 6) is 0.267. The maximum atomic E-state index is 9.66. The molecule has 150 valence electrons. The molecule has 0 spiro atoms. The summed E-state index contributed by atoms with van der Waals surface area (Å²) in [5.41, 5.74) is 5.55. The molecule has 1 aliphatic heterocycles. The summed E-state index contributed by atoms with van der Waals surface area (Å²) in [5, 5.41) is 13.9. The Bertz CT molecular complexity index is 1030. The van der Waals surface area contributed by atoms with Crippen LogP contribution in [0.5, 0.6) is 5.75 Å². The molecule has 0 amide bonds. The van der Waals surface area contributed by atoms with E-state index in [2.05, 4.69) is 59.6 Å². The summed E-state index contributed by atoms with van der Waals surface area (Å²) in [4.78, 5) is 6.88. The highest BCUT2D eigenvalue weighted by Crippen LogP contribution is 2.42. The van der Waals surface area contributed by atoms with Crippen molar-refractivity contribution in [2.75, 3.05) is 0 Å².